The monoisotopic (exact) mass is 208 g/mol. The fourth-order valence-electron chi connectivity index (χ4n) is 1.44. The summed E-state index contributed by atoms with van der Waals surface area (Å²) in [5.74, 6) is 0.0776. The van der Waals surface area contributed by atoms with Crippen LogP contribution in [0.15, 0.2) is 12.3 Å². The van der Waals surface area contributed by atoms with Crippen molar-refractivity contribution in [3.05, 3.63) is 23.5 Å². The summed E-state index contributed by atoms with van der Waals surface area (Å²) in [5, 5.41) is 26.8. The molecule has 2 N–H and O–H groups in total. The third kappa shape index (κ3) is 1.65. The highest BCUT2D eigenvalue weighted by Gasteiger charge is 2.11. The second-order valence-electron chi connectivity index (χ2n) is 3.48. The van der Waals surface area contributed by atoms with E-state index in [4.69, 9.17) is 0 Å². The lowest BCUT2D eigenvalue weighted by atomic mass is 10.4. The number of nitrogens with zero attached hydrogens (tertiary/aromatic N) is 4. The van der Waals surface area contributed by atoms with Crippen LogP contribution in [0.25, 0.3) is 0 Å². The van der Waals surface area contributed by atoms with Gasteiger partial charge >= 0.3 is 0 Å². The molecule has 0 aliphatic heterocycles. The Hall–Kier alpha value is -1.98. The summed E-state index contributed by atoms with van der Waals surface area (Å²) in [5.41, 5.74) is 1.31. The molecule has 0 unspecified atom stereocenters. The van der Waals surface area contributed by atoms with E-state index in [1.165, 1.54) is 10.6 Å². The van der Waals surface area contributed by atoms with Crippen LogP contribution in [0.3, 0.4) is 0 Å². The molecular weight excluding hydrogens is 196 g/mol. The smallest absolute Gasteiger partial charge is 0.197 e. The Bertz CT molecular complexity index is 486. The Morgan fingerprint density at radius 2 is 2.13 bits per heavy atom. The molecule has 80 valence electrons. The van der Waals surface area contributed by atoms with Gasteiger partial charge in [0.15, 0.2) is 11.8 Å². The molecule has 0 aliphatic carbocycles. The normalized spacial score (nSPS) is 10.8. The maximum absolute atomic E-state index is 9.63. The number of aromatic nitrogens is 4. The third-order valence-electron chi connectivity index (χ3n) is 2.20. The standard InChI is InChI=1S/C9H12N4O2/c1-6-3-8(14)13(9(6)15)5-7-4-12(2)11-10-7/h3-4,14-15H,5H2,1-2H3. The highest BCUT2D eigenvalue weighted by molar-refractivity contribution is 5.34. The van der Waals surface area contributed by atoms with Crippen molar-refractivity contribution >= 4 is 0 Å². The minimum Gasteiger partial charge on any atom is -0.494 e. The SMILES string of the molecule is Cc1cc(O)n(Cc2cn(C)nn2)c1O. The van der Waals surface area contributed by atoms with Gasteiger partial charge in [0.1, 0.15) is 5.69 Å². The highest BCUT2D eigenvalue weighted by Crippen LogP contribution is 2.26. The van der Waals surface area contributed by atoms with Crippen molar-refractivity contribution in [1.82, 2.24) is 19.6 Å². The van der Waals surface area contributed by atoms with E-state index in [1.54, 1.807) is 24.9 Å². The van der Waals surface area contributed by atoms with Crippen LogP contribution in [0.4, 0.5) is 0 Å². The van der Waals surface area contributed by atoms with Crippen molar-refractivity contribution in [3.63, 3.8) is 0 Å². The number of aromatic hydroxyl groups is 2. The van der Waals surface area contributed by atoms with Crippen molar-refractivity contribution in [3.8, 4) is 11.8 Å². The van der Waals surface area contributed by atoms with E-state index in [2.05, 4.69) is 10.3 Å². The number of rotatable bonds is 2. The van der Waals surface area contributed by atoms with Gasteiger partial charge in [-0.25, -0.2) is 0 Å². The first-order valence-electron chi connectivity index (χ1n) is 4.51. The zero-order valence-corrected chi connectivity index (χ0v) is 8.55. The van der Waals surface area contributed by atoms with Crippen LogP contribution >= 0.6 is 0 Å². The second-order valence-corrected chi connectivity index (χ2v) is 3.48. The summed E-state index contributed by atoms with van der Waals surface area (Å²) in [6.07, 6.45) is 1.73. The highest BCUT2D eigenvalue weighted by atomic mass is 16.3. The number of aryl methyl sites for hydroxylation is 2. The predicted molar refractivity (Wildman–Crippen MR) is 52.6 cm³/mol. The van der Waals surface area contributed by atoms with E-state index in [0.29, 0.717) is 17.8 Å². The summed E-state index contributed by atoms with van der Waals surface area (Å²) >= 11 is 0. The molecule has 0 saturated carbocycles. The lowest BCUT2D eigenvalue weighted by molar-refractivity contribution is 0.375. The van der Waals surface area contributed by atoms with Crippen LogP contribution in [0.1, 0.15) is 11.3 Å². The zero-order valence-electron chi connectivity index (χ0n) is 8.55. The fraction of sp³-hybridized carbons (Fsp3) is 0.333. The van der Waals surface area contributed by atoms with E-state index in [-0.39, 0.29) is 11.8 Å². The summed E-state index contributed by atoms with van der Waals surface area (Å²) in [6.45, 7) is 2.03. The van der Waals surface area contributed by atoms with E-state index in [9.17, 15) is 10.2 Å². The van der Waals surface area contributed by atoms with Gasteiger partial charge in [-0.1, -0.05) is 5.21 Å². The summed E-state index contributed by atoms with van der Waals surface area (Å²) < 4.78 is 2.94. The van der Waals surface area contributed by atoms with Gasteiger partial charge < -0.3 is 10.2 Å². The lowest BCUT2D eigenvalue weighted by Gasteiger charge is -2.03. The van der Waals surface area contributed by atoms with Crippen LogP contribution in [-0.4, -0.2) is 29.8 Å². The van der Waals surface area contributed by atoms with Gasteiger partial charge in [-0.2, -0.15) is 0 Å². The van der Waals surface area contributed by atoms with Gasteiger partial charge in [-0.15, -0.1) is 5.10 Å². The average Bonchev–Trinajstić information content (AvgIpc) is 2.67. The topological polar surface area (TPSA) is 76.1 Å². The van der Waals surface area contributed by atoms with Gasteiger partial charge in [0.05, 0.1) is 6.54 Å². The van der Waals surface area contributed by atoms with E-state index in [0.717, 1.165) is 0 Å². The van der Waals surface area contributed by atoms with Crippen molar-refractivity contribution in [1.29, 1.82) is 0 Å². The summed E-state index contributed by atoms with van der Waals surface area (Å²) in [7, 11) is 1.76. The van der Waals surface area contributed by atoms with Crippen molar-refractivity contribution in [2.24, 2.45) is 7.05 Å². The molecule has 2 heterocycles. The molecule has 0 spiro atoms. The van der Waals surface area contributed by atoms with E-state index < -0.39 is 0 Å². The Labute approximate surface area is 86.4 Å². The first-order valence-corrected chi connectivity index (χ1v) is 4.51. The number of hydrogen-bond donors (Lipinski definition) is 2. The lowest BCUT2D eigenvalue weighted by Crippen LogP contribution is -1.98. The summed E-state index contributed by atoms with van der Waals surface area (Å²) in [6, 6.07) is 1.51. The van der Waals surface area contributed by atoms with Crippen molar-refractivity contribution < 1.29 is 10.2 Å². The first kappa shape index (κ1) is 9.57. The molecule has 2 rings (SSSR count). The van der Waals surface area contributed by atoms with E-state index in [1.807, 2.05) is 0 Å². The maximum atomic E-state index is 9.63. The van der Waals surface area contributed by atoms with Crippen LogP contribution in [0, 0.1) is 6.92 Å². The number of hydrogen-bond acceptors (Lipinski definition) is 4. The Morgan fingerprint density at radius 3 is 2.60 bits per heavy atom. The molecule has 15 heavy (non-hydrogen) atoms. The van der Waals surface area contributed by atoms with E-state index >= 15 is 0 Å². The molecule has 0 amide bonds. The largest absolute Gasteiger partial charge is 0.494 e. The molecule has 6 heteroatoms. The zero-order chi connectivity index (χ0) is 11.0. The van der Waals surface area contributed by atoms with Crippen LogP contribution < -0.4 is 0 Å². The quantitative estimate of drug-likeness (QED) is 0.748. The second kappa shape index (κ2) is 3.30. The van der Waals surface area contributed by atoms with Crippen LogP contribution in [0.5, 0.6) is 11.8 Å². The van der Waals surface area contributed by atoms with Crippen molar-refractivity contribution in [2.75, 3.05) is 0 Å². The van der Waals surface area contributed by atoms with Gasteiger partial charge in [0.25, 0.3) is 0 Å². The molecular formula is C9H12N4O2. The molecule has 0 aliphatic rings. The van der Waals surface area contributed by atoms with Crippen molar-refractivity contribution in [2.45, 2.75) is 13.5 Å². The minimum absolute atomic E-state index is 0.0238. The molecule has 2 aromatic heterocycles. The van der Waals surface area contributed by atoms with Gasteiger partial charge in [-0.05, 0) is 6.92 Å². The average molecular weight is 208 g/mol. The molecule has 0 fully saturated rings. The molecule has 0 saturated heterocycles. The molecule has 2 aromatic rings. The Kier molecular flexibility index (Phi) is 2.11. The van der Waals surface area contributed by atoms with Gasteiger partial charge in [0.2, 0.25) is 0 Å². The van der Waals surface area contributed by atoms with Crippen LogP contribution in [0.2, 0.25) is 0 Å². The van der Waals surface area contributed by atoms with Gasteiger partial charge in [-0.3, -0.25) is 9.25 Å². The molecule has 0 radical (unpaired) electrons. The Balaban J connectivity index is 2.31. The molecule has 0 atom stereocenters. The molecule has 0 bridgehead atoms. The predicted octanol–water partition coefficient (Wildman–Crippen LogP) is 0.385. The first-order chi connectivity index (χ1) is 7.08. The van der Waals surface area contributed by atoms with Crippen LogP contribution in [-0.2, 0) is 13.6 Å². The van der Waals surface area contributed by atoms with Gasteiger partial charge in [0, 0.05) is 24.9 Å². The fourth-order valence-corrected chi connectivity index (χ4v) is 1.44. The minimum atomic E-state index is 0.0238. The Morgan fingerprint density at radius 1 is 1.40 bits per heavy atom. The molecule has 0 aromatic carbocycles. The maximum Gasteiger partial charge on any atom is 0.197 e. The summed E-state index contributed by atoms with van der Waals surface area (Å²) in [4.78, 5) is 0. The molecule has 6 nitrogen and oxygen atoms in total. The third-order valence-corrected chi connectivity index (χ3v) is 2.20.